The summed E-state index contributed by atoms with van der Waals surface area (Å²) in [6.07, 6.45) is 1.78. The van der Waals surface area contributed by atoms with E-state index in [1.807, 2.05) is 43.3 Å². The average molecular weight is 389 g/mol. The van der Waals surface area contributed by atoms with Crippen molar-refractivity contribution in [1.82, 2.24) is 4.57 Å². The Bertz CT molecular complexity index is 1100. The Kier molecular flexibility index (Phi) is 6.07. The second kappa shape index (κ2) is 8.69. The highest BCUT2D eigenvalue weighted by Crippen LogP contribution is 2.31. The summed E-state index contributed by atoms with van der Waals surface area (Å²) in [7, 11) is 1.62. The van der Waals surface area contributed by atoms with E-state index in [0.29, 0.717) is 11.1 Å². The largest absolute Gasteiger partial charge is 0.481 e. The van der Waals surface area contributed by atoms with Gasteiger partial charge in [0.2, 0.25) is 5.56 Å². The van der Waals surface area contributed by atoms with E-state index in [-0.39, 0.29) is 30.1 Å². The molecule has 1 atom stereocenters. The Balaban J connectivity index is 1.96. The molecule has 0 fully saturated rings. The Morgan fingerprint density at radius 3 is 2.31 bits per heavy atom. The van der Waals surface area contributed by atoms with Gasteiger partial charge < -0.3 is 9.67 Å². The van der Waals surface area contributed by atoms with Gasteiger partial charge in [-0.2, -0.15) is 0 Å². The van der Waals surface area contributed by atoms with Crippen LogP contribution in [-0.4, -0.2) is 21.4 Å². The number of aryl methyl sites for hydroxylation is 2. The van der Waals surface area contributed by atoms with Crippen LogP contribution >= 0.6 is 0 Å². The monoisotopic (exact) mass is 389 g/mol. The molecule has 0 saturated heterocycles. The lowest BCUT2D eigenvalue weighted by atomic mass is 9.83. The maximum absolute atomic E-state index is 13.0. The summed E-state index contributed by atoms with van der Waals surface area (Å²) in [5, 5.41) is 8.98. The second-order valence-electron chi connectivity index (χ2n) is 7.22. The fourth-order valence-corrected chi connectivity index (χ4v) is 3.49. The standard InChI is InChI=1S/C24H23NO4/c1-16-5-3-4-6-20(16)21(18-9-7-17(8-10-18)13-24(28)29)14-22(26)19-11-12-23(27)25(2)15-19/h3-12,15,21H,13-14H2,1-2H3,(H,28,29)/t21-/m1/s1. The van der Waals surface area contributed by atoms with Crippen molar-refractivity contribution in [3.05, 3.63) is 105 Å². The normalized spacial score (nSPS) is 11.8. The minimum absolute atomic E-state index is 0.0354. The predicted molar refractivity (Wildman–Crippen MR) is 111 cm³/mol. The summed E-state index contributed by atoms with van der Waals surface area (Å²) in [6.45, 7) is 2.01. The molecule has 0 aliphatic heterocycles. The van der Waals surface area contributed by atoms with Crippen LogP contribution in [0.15, 0.2) is 71.7 Å². The van der Waals surface area contributed by atoms with Crippen molar-refractivity contribution >= 4 is 11.8 Å². The van der Waals surface area contributed by atoms with E-state index in [9.17, 15) is 14.4 Å². The summed E-state index contributed by atoms with van der Waals surface area (Å²) in [4.78, 5) is 35.6. The highest BCUT2D eigenvalue weighted by Gasteiger charge is 2.21. The van der Waals surface area contributed by atoms with Crippen molar-refractivity contribution in [2.24, 2.45) is 7.05 Å². The number of rotatable bonds is 7. The van der Waals surface area contributed by atoms with Gasteiger partial charge in [-0.3, -0.25) is 14.4 Å². The van der Waals surface area contributed by atoms with Gasteiger partial charge in [-0.25, -0.2) is 0 Å². The van der Waals surface area contributed by atoms with E-state index < -0.39 is 5.97 Å². The molecule has 2 aromatic carbocycles. The van der Waals surface area contributed by atoms with Crippen LogP contribution in [0.5, 0.6) is 0 Å². The van der Waals surface area contributed by atoms with Gasteiger partial charge >= 0.3 is 5.97 Å². The van der Waals surface area contributed by atoms with E-state index in [0.717, 1.165) is 16.7 Å². The number of ketones is 1. The number of carbonyl (C=O) groups excluding carboxylic acids is 1. The van der Waals surface area contributed by atoms with Crippen LogP contribution in [-0.2, 0) is 18.3 Å². The summed E-state index contributed by atoms with van der Waals surface area (Å²) < 4.78 is 1.40. The number of carboxylic acids is 1. The van der Waals surface area contributed by atoms with Gasteiger partial charge in [0.05, 0.1) is 6.42 Å². The zero-order valence-electron chi connectivity index (χ0n) is 16.5. The van der Waals surface area contributed by atoms with Crippen molar-refractivity contribution in [3.8, 4) is 0 Å². The summed E-state index contributed by atoms with van der Waals surface area (Å²) in [6, 6.07) is 18.3. The minimum atomic E-state index is -0.877. The van der Waals surface area contributed by atoms with E-state index in [1.165, 1.54) is 10.6 Å². The summed E-state index contributed by atoms with van der Waals surface area (Å²) >= 11 is 0. The van der Waals surface area contributed by atoms with Gasteiger partial charge in [-0.15, -0.1) is 0 Å². The van der Waals surface area contributed by atoms with Crippen LogP contribution < -0.4 is 5.56 Å². The van der Waals surface area contributed by atoms with Gasteiger partial charge in [0, 0.05) is 37.2 Å². The van der Waals surface area contributed by atoms with Crippen LogP contribution in [0, 0.1) is 6.92 Å². The lowest BCUT2D eigenvalue weighted by molar-refractivity contribution is -0.136. The van der Waals surface area contributed by atoms with E-state index in [4.69, 9.17) is 5.11 Å². The maximum Gasteiger partial charge on any atom is 0.307 e. The fourth-order valence-electron chi connectivity index (χ4n) is 3.49. The van der Waals surface area contributed by atoms with Gasteiger partial charge in [0.15, 0.2) is 5.78 Å². The molecule has 1 aromatic heterocycles. The molecule has 1 N–H and O–H groups in total. The molecule has 5 heteroatoms. The molecule has 29 heavy (non-hydrogen) atoms. The number of hydrogen-bond acceptors (Lipinski definition) is 3. The molecule has 148 valence electrons. The molecular formula is C24H23NO4. The van der Waals surface area contributed by atoms with Gasteiger partial charge in [-0.1, -0.05) is 48.5 Å². The van der Waals surface area contributed by atoms with E-state index in [2.05, 4.69) is 0 Å². The number of nitrogens with zero attached hydrogens (tertiary/aromatic N) is 1. The molecule has 0 spiro atoms. The highest BCUT2D eigenvalue weighted by atomic mass is 16.4. The number of aromatic nitrogens is 1. The van der Waals surface area contributed by atoms with Crippen molar-refractivity contribution in [3.63, 3.8) is 0 Å². The Labute approximate surface area is 169 Å². The van der Waals surface area contributed by atoms with Gasteiger partial charge in [0.25, 0.3) is 0 Å². The number of pyridine rings is 1. The van der Waals surface area contributed by atoms with Crippen molar-refractivity contribution < 1.29 is 14.7 Å². The second-order valence-corrected chi connectivity index (χ2v) is 7.22. The zero-order chi connectivity index (χ0) is 21.0. The molecule has 1 heterocycles. The first-order chi connectivity index (χ1) is 13.8. The molecule has 0 bridgehead atoms. The lowest BCUT2D eigenvalue weighted by Crippen LogP contribution is -2.17. The van der Waals surface area contributed by atoms with Crippen molar-refractivity contribution in [2.45, 2.75) is 25.7 Å². The number of carboxylic acid groups (broad SMARTS) is 1. The Morgan fingerprint density at radius 1 is 1.00 bits per heavy atom. The topological polar surface area (TPSA) is 76.4 Å². The number of hydrogen-bond donors (Lipinski definition) is 1. The van der Waals surface area contributed by atoms with Crippen LogP contribution in [0.1, 0.15) is 45.0 Å². The molecular weight excluding hydrogens is 366 g/mol. The third-order valence-corrected chi connectivity index (χ3v) is 5.10. The van der Waals surface area contributed by atoms with Gasteiger partial charge in [0.1, 0.15) is 0 Å². The predicted octanol–water partition coefficient (Wildman–Crippen LogP) is 3.73. The molecule has 3 rings (SSSR count). The number of Topliss-reactive ketones (excluding diaryl/α,β-unsaturated/α-hetero) is 1. The minimum Gasteiger partial charge on any atom is -0.481 e. The maximum atomic E-state index is 13.0. The molecule has 0 aliphatic carbocycles. The quantitative estimate of drug-likeness (QED) is 0.625. The molecule has 0 saturated carbocycles. The summed E-state index contributed by atoms with van der Waals surface area (Å²) in [5.41, 5.74) is 4.14. The van der Waals surface area contributed by atoms with Crippen LogP contribution in [0.3, 0.4) is 0 Å². The molecule has 0 amide bonds. The fraction of sp³-hybridized carbons (Fsp3) is 0.208. The third kappa shape index (κ3) is 4.88. The van der Waals surface area contributed by atoms with Crippen LogP contribution in [0.2, 0.25) is 0 Å². The molecule has 5 nitrogen and oxygen atoms in total. The Morgan fingerprint density at radius 2 is 1.69 bits per heavy atom. The first-order valence-corrected chi connectivity index (χ1v) is 9.41. The molecule has 0 unspecified atom stereocenters. The third-order valence-electron chi connectivity index (χ3n) is 5.10. The van der Waals surface area contributed by atoms with Crippen molar-refractivity contribution in [2.75, 3.05) is 0 Å². The molecule has 0 aliphatic rings. The molecule has 0 radical (unpaired) electrons. The number of carbonyl (C=O) groups is 2. The first-order valence-electron chi connectivity index (χ1n) is 9.41. The van der Waals surface area contributed by atoms with E-state index in [1.54, 1.807) is 31.4 Å². The van der Waals surface area contributed by atoms with E-state index >= 15 is 0 Å². The Hall–Kier alpha value is -3.47. The highest BCUT2D eigenvalue weighted by molar-refractivity contribution is 5.96. The number of aliphatic carboxylic acids is 1. The lowest BCUT2D eigenvalue weighted by Gasteiger charge is -2.20. The average Bonchev–Trinajstić information content (AvgIpc) is 2.69. The SMILES string of the molecule is Cc1ccccc1[C@H](CC(=O)c1ccc(=O)n(C)c1)c1ccc(CC(=O)O)cc1. The zero-order valence-corrected chi connectivity index (χ0v) is 16.5. The van der Waals surface area contributed by atoms with Crippen LogP contribution in [0.25, 0.3) is 0 Å². The smallest absolute Gasteiger partial charge is 0.307 e. The van der Waals surface area contributed by atoms with Crippen molar-refractivity contribution in [1.29, 1.82) is 0 Å². The first kappa shape index (κ1) is 20.3. The van der Waals surface area contributed by atoms with Crippen LogP contribution in [0.4, 0.5) is 0 Å². The molecule has 3 aromatic rings. The summed E-state index contributed by atoms with van der Waals surface area (Å²) in [5.74, 6) is -1.10. The van der Waals surface area contributed by atoms with Gasteiger partial charge in [-0.05, 0) is 35.2 Å². The number of benzene rings is 2.